The van der Waals surface area contributed by atoms with Crippen molar-refractivity contribution < 1.29 is 4.79 Å². The fourth-order valence-electron chi connectivity index (χ4n) is 1.57. The van der Waals surface area contributed by atoms with Gasteiger partial charge in [0.05, 0.1) is 11.8 Å². The molecule has 2 rings (SSSR count). The van der Waals surface area contributed by atoms with Crippen molar-refractivity contribution in [3.05, 3.63) is 40.0 Å². The number of hydrogen-bond donors (Lipinski definition) is 4. The van der Waals surface area contributed by atoms with E-state index in [9.17, 15) is 4.79 Å². The van der Waals surface area contributed by atoms with Crippen molar-refractivity contribution in [3.8, 4) is 0 Å². The number of H-pyrrole nitrogens is 1. The van der Waals surface area contributed by atoms with Gasteiger partial charge in [0.15, 0.2) is 0 Å². The molecule has 0 aliphatic rings. The van der Waals surface area contributed by atoms with E-state index < -0.39 is 5.91 Å². The predicted octanol–water partition coefficient (Wildman–Crippen LogP) is 1.47. The first kappa shape index (κ1) is 12.4. The SMILES string of the molecule is NC(=O)c1c(Br)cccc1NCc1cn[nH]c1N. The molecule has 1 heterocycles. The molecule has 6 N–H and O–H groups in total. The van der Waals surface area contributed by atoms with Gasteiger partial charge in [-0.1, -0.05) is 6.07 Å². The van der Waals surface area contributed by atoms with Crippen LogP contribution in [0.15, 0.2) is 28.9 Å². The summed E-state index contributed by atoms with van der Waals surface area (Å²) in [5, 5.41) is 9.57. The highest BCUT2D eigenvalue weighted by atomic mass is 79.9. The Kier molecular flexibility index (Phi) is 3.52. The smallest absolute Gasteiger partial charge is 0.251 e. The standard InChI is InChI=1S/C11H12BrN5O/c12-7-2-1-3-8(9(7)11(14)18)15-4-6-5-16-17-10(6)13/h1-3,5,15H,4H2,(H2,14,18)(H3,13,16,17). The second-order valence-corrected chi connectivity index (χ2v) is 4.54. The van der Waals surface area contributed by atoms with Crippen LogP contribution in [0.1, 0.15) is 15.9 Å². The summed E-state index contributed by atoms with van der Waals surface area (Å²) >= 11 is 3.30. The maximum absolute atomic E-state index is 11.4. The number of amides is 1. The molecule has 2 aromatic rings. The summed E-state index contributed by atoms with van der Waals surface area (Å²) in [6.45, 7) is 0.457. The summed E-state index contributed by atoms with van der Waals surface area (Å²) in [6, 6.07) is 5.36. The van der Waals surface area contributed by atoms with Gasteiger partial charge in [-0.05, 0) is 28.1 Å². The van der Waals surface area contributed by atoms with Crippen LogP contribution in [-0.2, 0) is 6.54 Å². The molecule has 0 bridgehead atoms. The molecule has 0 fully saturated rings. The van der Waals surface area contributed by atoms with Crippen molar-refractivity contribution in [3.63, 3.8) is 0 Å². The predicted molar refractivity (Wildman–Crippen MR) is 73.0 cm³/mol. The Morgan fingerprint density at radius 3 is 2.89 bits per heavy atom. The first-order valence-electron chi connectivity index (χ1n) is 5.19. The average molecular weight is 310 g/mol. The van der Waals surface area contributed by atoms with Gasteiger partial charge in [-0.2, -0.15) is 5.10 Å². The number of halogens is 1. The highest BCUT2D eigenvalue weighted by Crippen LogP contribution is 2.25. The largest absolute Gasteiger partial charge is 0.384 e. The topological polar surface area (TPSA) is 110 Å². The van der Waals surface area contributed by atoms with Crippen molar-refractivity contribution in [2.45, 2.75) is 6.54 Å². The molecule has 1 amide bonds. The molecular weight excluding hydrogens is 298 g/mol. The molecular formula is C11H12BrN5O. The zero-order valence-electron chi connectivity index (χ0n) is 9.40. The Morgan fingerprint density at radius 1 is 1.50 bits per heavy atom. The van der Waals surface area contributed by atoms with Crippen LogP contribution in [0.25, 0.3) is 0 Å². The molecule has 1 aromatic carbocycles. The molecule has 0 spiro atoms. The Hall–Kier alpha value is -2.02. The molecule has 7 heteroatoms. The molecule has 0 atom stereocenters. The van der Waals surface area contributed by atoms with Gasteiger partial charge < -0.3 is 16.8 Å². The fraction of sp³-hybridized carbons (Fsp3) is 0.0909. The summed E-state index contributed by atoms with van der Waals surface area (Å²) in [7, 11) is 0. The van der Waals surface area contributed by atoms with Crippen molar-refractivity contribution in [2.24, 2.45) is 5.73 Å². The van der Waals surface area contributed by atoms with Crippen LogP contribution in [0.3, 0.4) is 0 Å². The molecule has 6 nitrogen and oxygen atoms in total. The van der Waals surface area contributed by atoms with E-state index in [1.54, 1.807) is 18.3 Å². The molecule has 0 radical (unpaired) electrons. The van der Waals surface area contributed by atoms with Crippen molar-refractivity contribution in [1.82, 2.24) is 10.2 Å². The molecule has 94 valence electrons. The number of hydrogen-bond acceptors (Lipinski definition) is 4. The molecule has 0 aliphatic heterocycles. The monoisotopic (exact) mass is 309 g/mol. The van der Waals surface area contributed by atoms with E-state index in [0.29, 0.717) is 28.1 Å². The number of benzene rings is 1. The van der Waals surface area contributed by atoms with Crippen LogP contribution in [0.2, 0.25) is 0 Å². The third-order valence-electron chi connectivity index (χ3n) is 2.48. The van der Waals surface area contributed by atoms with E-state index in [4.69, 9.17) is 11.5 Å². The van der Waals surface area contributed by atoms with Crippen molar-refractivity contribution in [2.75, 3.05) is 11.1 Å². The van der Waals surface area contributed by atoms with Gasteiger partial charge in [0, 0.05) is 22.3 Å². The molecule has 0 saturated heterocycles. The van der Waals surface area contributed by atoms with Gasteiger partial charge in [0.25, 0.3) is 5.91 Å². The number of carbonyl (C=O) groups excluding carboxylic acids is 1. The highest BCUT2D eigenvalue weighted by molar-refractivity contribution is 9.10. The van der Waals surface area contributed by atoms with Crippen molar-refractivity contribution in [1.29, 1.82) is 0 Å². The summed E-state index contributed by atoms with van der Waals surface area (Å²) in [6.07, 6.45) is 1.63. The first-order valence-corrected chi connectivity index (χ1v) is 5.99. The highest BCUT2D eigenvalue weighted by Gasteiger charge is 2.12. The maximum Gasteiger partial charge on any atom is 0.251 e. The number of aromatic nitrogens is 2. The lowest BCUT2D eigenvalue weighted by atomic mass is 10.1. The molecule has 1 aromatic heterocycles. The Morgan fingerprint density at radius 2 is 2.28 bits per heavy atom. The summed E-state index contributed by atoms with van der Waals surface area (Å²) in [5.41, 5.74) is 12.9. The number of primary amides is 1. The van der Waals surface area contributed by atoms with Crippen LogP contribution in [0.5, 0.6) is 0 Å². The van der Waals surface area contributed by atoms with Gasteiger partial charge in [-0.3, -0.25) is 9.89 Å². The van der Waals surface area contributed by atoms with Crippen molar-refractivity contribution >= 4 is 33.3 Å². The summed E-state index contributed by atoms with van der Waals surface area (Å²) in [4.78, 5) is 11.4. The second kappa shape index (κ2) is 5.09. The third kappa shape index (κ3) is 2.45. The minimum atomic E-state index is -0.495. The van der Waals surface area contributed by atoms with E-state index >= 15 is 0 Å². The van der Waals surface area contributed by atoms with E-state index in [1.165, 1.54) is 0 Å². The first-order chi connectivity index (χ1) is 8.59. The minimum Gasteiger partial charge on any atom is -0.384 e. The van der Waals surface area contributed by atoms with Gasteiger partial charge in [0.2, 0.25) is 0 Å². The number of nitrogen functional groups attached to an aromatic ring is 1. The Balaban J connectivity index is 2.22. The van der Waals surface area contributed by atoms with Crippen LogP contribution < -0.4 is 16.8 Å². The lowest BCUT2D eigenvalue weighted by molar-refractivity contribution is 0.100. The lowest BCUT2D eigenvalue weighted by Gasteiger charge is -2.10. The number of carbonyl (C=O) groups is 1. The molecule has 0 saturated carbocycles. The molecule has 18 heavy (non-hydrogen) atoms. The third-order valence-corrected chi connectivity index (χ3v) is 3.14. The normalized spacial score (nSPS) is 10.3. The molecule has 0 aliphatic carbocycles. The number of nitrogens with one attached hydrogen (secondary N) is 2. The Labute approximate surface area is 112 Å². The lowest BCUT2D eigenvalue weighted by Crippen LogP contribution is -2.15. The van der Waals surface area contributed by atoms with Gasteiger partial charge >= 0.3 is 0 Å². The maximum atomic E-state index is 11.4. The second-order valence-electron chi connectivity index (χ2n) is 3.69. The Bertz CT molecular complexity index is 581. The van der Waals surface area contributed by atoms with E-state index in [1.807, 2.05) is 6.07 Å². The minimum absolute atomic E-state index is 0.416. The van der Waals surface area contributed by atoms with Crippen LogP contribution in [0.4, 0.5) is 11.5 Å². The zero-order valence-corrected chi connectivity index (χ0v) is 11.0. The summed E-state index contributed by atoms with van der Waals surface area (Å²) in [5.74, 6) is 0.00302. The molecule has 0 unspecified atom stereocenters. The number of aromatic amines is 1. The summed E-state index contributed by atoms with van der Waals surface area (Å²) < 4.78 is 0.653. The number of nitrogens with two attached hydrogens (primary N) is 2. The average Bonchev–Trinajstić information content (AvgIpc) is 2.71. The van der Waals surface area contributed by atoms with E-state index in [2.05, 4.69) is 31.4 Å². The number of rotatable bonds is 4. The van der Waals surface area contributed by atoms with Gasteiger partial charge in [-0.25, -0.2) is 0 Å². The van der Waals surface area contributed by atoms with Crippen LogP contribution in [-0.4, -0.2) is 16.1 Å². The van der Waals surface area contributed by atoms with E-state index in [0.717, 1.165) is 5.56 Å². The number of nitrogens with zero attached hydrogens (tertiary/aromatic N) is 1. The van der Waals surface area contributed by atoms with Gasteiger partial charge in [0.1, 0.15) is 5.82 Å². The van der Waals surface area contributed by atoms with Gasteiger partial charge in [-0.15, -0.1) is 0 Å². The number of anilines is 2. The van der Waals surface area contributed by atoms with E-state index in [-0.39, 0.29) is 0 Å². The fourth-order valence-corrected chi connectivity index (χ4v) is 2.14. The van der Waals surface area contributed by atoms with Crippen LogP contribution in [0, 0.1) is 0 Å². The zero-order chi connectivity index (χ0) is 13.1. The van der Waals surface area contributed by atoms with Crippen LogP contribution >= 0.6 is 15.9 Å². The quantitative estimate of drug-likeness (QED) is 0.685.